The minimum absolute atomic E-state index is 0.108. The van der Waals surface area contributed by atoms with E-state index in [-0.39, 0.29) is 27.4 Å². The van der Waals surface area contributed by atoms with Crippen molar-refractivity contribution in [1.82, 2.24) is 9.62 Å². The van der Waals surface area contributed by atoms with E-state index in [0.717, 1.165) is 24.8 Å². The smallest absolute Gasteiger partial charge is 0.253 e. The second-order valence-corrected chi connectivity index (χ2v) is 9.30. The highest BCUT2D eigenvalue weighted by Crippen LogP contribution is 2.26. The van der Waals surface area contributed by atoms with Crippen LogP contribution in [0.15, 0.2) is 53.4 Å². The standard InChI is InChI=1S/C21H25ClN2O3S/c1-2-20(16-9-5-3-6-10-16)23-21(25)18-15-17(11-12-19(18)22)28(26,27)24-13-7-4-8-14-24/h3,5-6,9-12,15,20H,2,4,7-8,13-14H2,1H3,(H,23,25)/t20-/m1/s1. The van der Waals surface area contributed by atoms with Gasteiger partial charge in [0.2, 0.25) is 10.0 Å². The Bertz CT molecular complexity index is 926. The molecule has 3 rings (SSSR count). The summed E-state index contributed by atoms with van der Waals surface area (Å²) in [5.74, 6) is -0.378. The molecule has 5 nitrogen and oxygen atoms in total. The fourth-order valence-electron chi connectivity index (χ4n) is 3.44. The number of nitrogens with one attached hydrogen (secondary N) is 1. The number of carbonyl (C=O) groups excluding carboxylic acids is 1. The third kappa shape index (κ3) is 4.57. The van der Waals surface area contributed by atoms with E-state index < -0.39 is 10.0 Å². The van der Waals surface area contributed by atoms with Crippen LogP contribution in [0, 0.1) is 0 Å². The largest absolute Gasteiger partial charge is 0.345 e. The average Bonchev–Trinajstić information content (AvgIpc) is 2.73. The van der Waals surface area contributed by atoms with Gasteiger partial charge in [0.15, 0.2) is 0 Å². The molecule has 1 aliphatic heterocycles. The van der Waals surface area contributed by atoms with Gasteiger partial charge in [-0.1, -0.05) is 55.3 Å². The maximum absolute atomic E-state index is 12.9. The van der Waals surface area contributed by atoms with Crippen molar-refractivity contribution in [2.45, 2.75) is 43.5 Å². The van der Waals surface area contributed by atoms with Crippen LogP contribution in [0.5, 0.6) is 0 Å². The van der Waals surface area contributed by atoms with E-state index in [1.807, 2.05) is 37.3 Å². The molecule has 2 aromatic carbocycles. The molecular formula is C21H25ClN2O3S. The second-order valence-electron chi connectivity index (χ2n) is 6.95. The van der Waals surface area contributed by atoms with Crippen LogP contribution in [0.1, 0.15) is 54.6 Å². The van der Waals surface area contributed by atoms with Gasteiger partial charge in [0.25, 0.3) is 5.91 Å². The molecule has 1 fully saturated rings. The molecule has 7 heteroatoms. The maximum atomic E-state index is 12.9. The number of nitrogens with zero attached hydrogens (tertiary/aromatic N) is 1. The minimum Gasteiger partial charge on any atom is -0.345 e. The van der Waals surface area contributed by atoms with Gasteiger partial charge in [-0.25, -0.2) is 8.42 Å². The summed E-state index contributed by atoms with van der Waals surface area (Å²) >= 11 is 6.23. The molecule has 0 aliphatic carbocycles. The Balaban J connectivity index is 1.85. The van der Waals surface area contributed by atoms with Gasteiger partial charge in [-0.05, 0) is 43.0 Å². The lowest BCUT2D eigenvalue weighted by Gasteiger charge is -2.26. The molecule has 1 N–H and O–H groups in total. The monoisotopic (exact) mass is 420 g/mol. The molecular weight excluding hydrogens is 396 g/mol. The summed E-state index contributed by atoms with van der Waals surface area (Å²) in [5.41, 5.74) is 1.17. The number of sulfonamides is 1. The molecule has 1 atom stereocenters. The Morgan fingerprint density at radius 1 is 1.11 bits per heavy atom. The molecule has 0 aromatic heterocycles. The first-order valence-electron chi connectivity index (χ1n) is 9.59. The summed E-state index contributed by atoms with van der Waals surface area (Å²) in [5, 5.41) is 3.20. The Kier molecular flexibility index (Phi) is 6.75. The molecule has 1 aliphatic rings. The lowest BCUT2D eigenvalue weighted by molar-refractivity contribution is 0.0935. The number of piperidine rings is 1. The normalized spacial score (nSPS) is 16.5. The quantitative estimate of drug-likeness (QED) is 0.753. The maximum Gasteiger partial charge on any atom is 0.253 e. The van der Waals surface area contributed by atoms with Crippen LogP contribution in [-0.4, -0.2) is 31.7 Å². The zero-order chi connectivity index (χ0) is 20.1. The van der Waals surface area contributed by atoms with Crippen molar-refractivity contribution in [3.63, 3.8) is 0 Å². The molecule has 2 aromatic rings. The number of hydrogen-bond acceptors (Lipinski definition) is 3. The van der Waals surface area contributed by atoms with E-state index in [9.17, 15) is 13.2 Å². The first-order chi connectivity index (χ1) is 13.4. The zero-order valence-corrected chi connectivity index (χ0v) is 17.5. The number of amides is 1. The minimum atomic E-state index is -3.63. The van der Waals surface area contributed by atoms with E-state index in [2.05, 4.69) is 5.32 Å². The fraction of sp³-hybridized carbons (Fsp3) is 0.381. The van der Waals surface area contributed by atoms with E-state index in [1.165, 1.54) is 22.5 Å². The summed E-state index contributed by atoms with van der Waals surface area (Å²) in [6.07, 6.45) is 3.46. The molecule has 1 heterocycles. The van der Waals surface area contributed by atoms with E-state index in [4.69, 9.17) is 11.6 Å². The van der Waals surface area contributed by atoms with Gasteiger partial charge in [-0.2, -0.15) is 4.31 Å². The van der Waals surface area contributed by atoms with Crippen molar-refractivity contribution in [1.29, 1.82) is 0 Å². The van der Waals surface area contributed by atoms with E-state index >= 15 is 0 Å². The molecule has 0 unspecified atom stereocenters. The van der Waals surface area contributed by atoms with Gasteiger partial charge in [0.05, 0.1) is 21.5 Å². The predicted octanol–water partition coefficient (Wildman–Crippen LogP) is 4.40. The first-order valence-corrected chi connectivity index (χ1v) is 11.4. The zero-order valence-electron chi connectivity index (χ0n) is 15.9. The lowest BCUT2D eigenvalue weighted by atomic mass is 10.0. The van der Waals surface area contributed by atoms with Crippen molar-refractivity contribution in [3.8, 4) is 0 Å². The highest BCUT2D eigenvalue weighted by molar-refractivity contribution is 7.89. The number of benzene rings is 2. The van der Waals surface area contributed by atoms with Crippen molar-refractivity contribution in [2.75, 3.05) is 13.1 Å². The third-order valence-corrected chi connectivity index (χ3v) is 7.27. The Morgan fingerprint density at radius 3 is 2.43 bits per heavy atom. The Labute approximate surface area is 171 Å². The summed E-state index contributed by atoms with van der Waals surface area (Å²) < 4.78 is 27.3. The van der Waals surface area contributed by atoms with Crippen LogP contribution in [0.25, 0.3) is 0 Å². The SMILES string of the molecule is CC[C@@H](NC(=O)c1cc(S(=O)(=O)N2CCCCC2)ccc1Cl)c1ccccc1. The second kappa shape index (κ2) is 9.07. The van der Waals surface area contributed by atoms with Gasteiger partial charge in [-0.3, -0.25) is 4.79 Å². The number of halogens is 1. The number of hydrogen-bond donors (Lipinski definition) is 1. The van der Waals surface area contributed by atoms with Gasteiger partial charge in [0, 0.05) is 13.1 Å². The van der Waals surface area contributed by atoms with Crippen molar-refractivity contribution in [2.24, 2.45) is 0 Å². The predicted molar refractivity (Wildman–Crippen MR) is 111 cm³/mol. The fourth-order valence-corrected chi connectivity index (χ4v) is 5.18. The van der Waals surface area contributed by atoms with E-state index in [1.54, 1.807) is 0 Å². The number of rotatable bonds is 6. The van der Waals surface area contributed by atoms with Gasteiger partial charge in [-0.15, -0.1) is 0 Å². The number of carbonyl (C=O) groups is 1. The molecule has 0 saturated carbocycles. The Morgan fingerprint density at radius 2 is 1.79 bits per heavy atom. The molecule has 28 heavy (non-hydrogen) atoms. The van der Waals surface area contributed by atoms with Crippen molar-refractivity contribution >= 4 is 27.5 Å². The molecule has 0 bridgehead atoms. The summed E-state index contributed by atoms with van der Waals surface area (Å²) in [6.45, 7) is 3.01. The lowest BCUT2D eigenvalue weighted by Crippen LogP contribution is -2.35. The highest BCUT2D eigenvalue weighted by atomic mass is 35.5. The van der Waals surface area contributed by atoms with Crippen LogP contribution < -0.4 is 5.32 Å². The summed E-state index contributed by atoms with van der Waals surface area (Å²) in [6, 6.07) is 13.8. The van der Waals surface area contributed by atoms with Crippen LogP contribution >= 0.6 is 11.6 Å². The molecule has 150 valence electrons. The molecule has 0 radical (unpaired) electrons. The van der Waals surface area contributed by atoms with Crippen LogP contribution in [0.3, 0.4) is 0 Å². The van der Waals surface area contributed by atoms with Gasteiger partial charge < -0.3 is 5.32 Å². The van der Waals surface area contributed by atoms with Crippen molar-refractivity contribution < 1.29 is 13.2 Å². The topological polar surface area (TPSA) is 66.5 Å². The van der Waals surface area contributed by atoms with Crippen LogP contribution in [0.4, 0.5) is 0 Å². The first kappa shape index (κ1) is 20.8. The Hall–Kier alpha value is -1.89. The highest BCUT2D eigenvalue weighted by Gasteiger charge is 2.27. The molecule has 1 saturated heterocycles. The van der Waals surface area contributed by atoms with Crippen LogP contribution in [-0.2, 0) is 10.0 Å². The summed E-state index contributed by atoms with van der Waals surface area (Å²) in [4.78, 5) is 13.0. The van der Waals surface area contributed by atoms with Crippen molar-refractivity contribution in [3.05, 3.63) is 64.7 Å². The van der Waals surface area contributed by atoms with Gasteiger partial charge in [0.1, 0.15) is 0 Å². The van der Waals surface area contributed by atoms with Crippen LogP contribution in [0.2, 0.25) is 5.02 Å². The van der Waals surface area contributed by atoms with E-state index in [0.29, 0.717) is 19.5 Å². The third-order valence-electron chi connectivity index (χ3n) is 5.05. The summed E-state index contributed by atoms with van der Waals surface area (Å²) in [7, 11) is -3.63. The molecule has 1 amide bonds. The van der Waals surface area contributed by atoms with Gasteiger partial charge >= 0.3 is 0 Å². The average molecular weight is 421 g/mol. The molecule has 0 spiro atoms.